The van der Waals surface area contributed by atoms with Crippen LogP contribution in [0.1, 0.15) is 11.1 Å². The third-order valence-electron chi connectivity index (χ3n) is 4.34. The first-order chi connectivity index (χ1) is 10.4. The molecule has 0 atom stereocenters. The molecule has 110 valence electrons. The molecule has 3 heteroatoms. The van der Waals surface area contributed by atoms with Gasteiger partial charge < -0.3 is 5.32 Å². The minimum atomic E-state index is -0.129. The van der Waals surface area contributed by atoms with Crippen molar-refractivity contribution in [3.05, 3.63) is 71.8 Å². The third kappa shape index (κ3) is 2.71. The van der Waals surface area contributed by atoms with Crippen LogP contribution in [-0.4, -0.2) is 37.0 Å². The molecular formula is C18H21ClN2. The molecule has 1 N–H and O–H groups in total. The summed E-state index contributed by atoms with van der Waals surface area (Å²) in [5, 5.41) is 3.58. The molecule has 0 unspecified atom stereocenters. The topological polar surface area (TPSA) is 15.3 Å². The first-order valence-electron chi connectivity index (χ1n) is 7.51. The molecule has 1 heterocycles. The van der Waals surface area contributed by atoms with Crippen molar-refractivity contribution < 1.29 is 0 Å². The number of hydrogen-bond donors (Lipinski definition) is 1. The highest BCUT2D eigenvalue weighted by molar-refractivity contribution is 6.18. The standard InChI is InChI=1S/C18H21ClN2/c19-11-13-21-14-12-20-15-18(21,16-7-3-1-4-8-16)17-9-5-2-6-10-17/h1-10,20H,11-15H2. The molecule has 0 spiro atoms. The van der Waals surface area contributed by atoms with E-state index >= 15 is 0 Å². The summed E-state index contributed by atoms with van der Waals surface area (Å²) in [5.41, 5.74) is 2.53. The monoisotopic (exact) mass is 300 g/mol. The maximum atomic E-state index is 6.07. The van der Waals surface area contributed by atoms with Gasteiger partial charge in [-0.3, -0.25) is 4.90 Å². The molecule has 2 aromatic rings. The number of piperazine rings is 1. The normalized spacial score (nSPS) is 18.5. The first kappa shape index (κ1) is 14.6. The molecule has 1 aliphatic heterocycles. The Morgan fingerprint density at radius 2 is 1.52 bits per heavy atom. The summed E-state index contributed by atoms with van der Waals surface area (Å²) in [5.74, 6) is 0.654. The molecule has 3 rings (SSSR count). The van der Waals surface area contributed by atoms with Gasteiger partial charge in [-0.05, 0) is 11.1 Å². The van der Waals surface area contributed by atoms with Crippen LogP contribution >= 0.6 is 11.6 Å². The van der Waals surface area contributed by atoms with Gasteiger partial charge in [-0.2, -0.15) is 0 Å². The van der Waals surface area contributed by atoms with E-state index in [1.807, 2.05) is 0 Å². The van der Waals surface area contributed by atoms with Gasteiger partial charge in [0.05, 0.1) is 5.54 Å². The SMILES string of the molecule is ClCCN1CCNCC1(c1ccccc1)c1ccccc1. The minimum absolute atomic E-state index is 0.129. The van der Waals surface area contributed by atoms with E-state index in [-0.39, 0.29) is 5.54 Å². The van der Waals surface area contributed by atoms with Crippen molar-refractivity contribution in [2.24, 2.45) is 0 Å². The van der Waals surface area contributed by atoms with E-state index in [1.54, 1.807) is 0 Å². The number of nitrogens with one attached hydrogen (secondary N) is 1. The van der Waals surface area contributed by atoms with Gasteiger partial charge in [-0.15, -0.1) is 11.6 Å². The van der Waals surface area contributed by atoms with Crippen molar-refractivity contribution >= 4 is 11.6 Å². The molecule has 0 bridgehead atoms. The van der Waals surface area contributed by atoms with Crippen LogP contribution in [0.15, 0.2) is 60.7 Å². The summed E-state index contributed by atoms with van der Waals surface area (Å²) >= 11 is 6.07. The van der Waals surface area contributed by atoms with Crippen LogP contribution < -0.4 is 5.32 Å². The predicted molar refractivity (Wildman–Crippen MR) is 88.8 cm³/mol. The molecule has 1 fully saturated rings. The number of rotatable bonds is 4. The van der Waals surface area contributed by atoms with Gasteiger partial charge in [0.2, 0.25) is 0 Å². The lowest BCUT2D eigenvalue weighted by molar-refractivity contribution is 0.0989. The quantitative estimate of drug-likeness (QED) is 0.873. The molecule has 1 aliphatic rings. The van der Waals surface area contributed by atoms with Gasteiger partial charge in [-0.25, -0.2) is 0 Å². The summed E-state index contributed by atoms with van der Waals surface area (Å²) in [4.78, 5) is 2.52. The number of hydrogen-bond acceptors (Lipinski definition) is 2. The van der Waals surface area contributed by atoms with Crippen molar-refractivity contribution in [2.75, 3.05) is 32.1 Å². The Bertz CT molecular complexity index is 514. The highest BCUT2D eigenvalue weighted by Crippen LogP contribution is 2.36. The predicted octanol–water partition coefficient (Wildman–Crippen LogP) is 3.07. The Labute approximate surface area is 131 Å². The van der Waals surface area contributed by atoms with Crippen molar-refractivity contribution in [3.63, 3.8) is 0 Å². The van der Waals surface area contributed by atoms with Crippen LogP contribution in [0.3, 0.4) is 0 Å². The lowest BCUT2D eigenvalue weighted by Crippen LogP contribution is -2.60. The summed E-state index contributed by atoms with van der Waals surface area (Å²) in [6.07, 6.45) is 0. The van der Waals surface area contributed by atoms with E-state index in [0.717, 1.165) is 26.2 Å². The highest BCUT2D eigenvalue weighted by atomic mass is 35.5. The van der Waals surface area contributed by atoms with Gasteiger partial charge in [0.15, 0.2) is 0 Å². The Morgan fingerprint density at radius 1 is 0.952 bits per heavy atom. The Balaban J connectivity index is 2.14. The van der Waals surface area contributed by atoms with E-state index < -0.39 is 0 Å². The summed E-state index contributed by atoms with van der Waals surface area (Å²) in [6, 6.07) is 21.5. The lowest BCUT2D eigenvalue weighted by atomic mass is 9.79. The zero-order valence-electron chi connectivity index (χ0n) is 12.1. The second-order valence-electron chi connectivity index (χ2n) is 5.45. The lowest BCUT2D eigenvalue weighted by Gasteiger charge is -2.48. The van der Waals surface area contributed by atoms with Crippen LogP contribution in [-0.2, 0) is 5.54 Å². The highest BCUT2D eigenvalue weighted by Gasteiger charge is 2.41. The molecule has 0 radical (unpaired) electrons. The Hall–Kier alpha value is -1.35. The zero-order chi connectivity index (χ0) is 14.5. The van der Waals surface area contributed by atoms with Crippen LogP contribution in [0.25, 0.3) is 0 Å². The number of halogens is 1. The largest absolute Gasteiger partial charge is 0.313 e. The van der Waals surface area contributed by atoms with E-state index in [2.05, 4.69) is 70.9 Å². The first-order valence-corrected chi connectivity index (χ1v) is 8.04. The molecule has 0 aliphatic carbocycles. The van der Waals surface area contributed by atoms with Gasteiger partial charge in [0, 0.05) is 32.1 Å². The van der Waals surface area contributed by atoms with Gasteiger partial charge >= 0.3 is 0 Å². The number of alkyl halides is 1. The third-order valence-corrected chi connectivity index (χ3v) is 4.51. The maximum absolute atomic E-state index is 6.07. The average molecular weight is 301 g/mol. The summed E-state index contributed by atoms with van der Waals surface area (Å²) < 4.78 is 0. The fourth-order valence-corrected chi connectivity index (χ4v) is 3.56. The number of benzene rings is 2. The van der Waals surface area contributed by atoms with Gasteiger partial charge in [-0.1, -0.05) is 60.7 Å². The Kier molecular flexibility index (Phi) is 4.59. The molecular weight excluding hydrogens is 280 g/mol. The number of nitrogens with zero attached hydrogens (tertiary/aromatic N) is 1. The van der Waals surface area contributed by atoms with Crippen LogP contribution in [0, 0.1) is 0 Å². The van der Waals surface area contributed by atoms with E-state index in [4.69, 9.17) is 11.6 Å². The molecule has 21 heavy (non-hydrogen) atoms. The summed E-state index contributed by atoms with van der Waals surface area (Å²) in [7, 11) is 0. The smallest absolute Gasteiger partial charge is 0.0842 e. The van der Waals surface area contributed by atoms with Crippen molar-refractivity contribution in [3.8, 4) is 0 Å². The van der Waals surface area contributed by atoms with Gasteiger partial charge in [0.25, 0.3) is 0 Å². The molecule has 2 aromatic carbocycles. The average Bonchev–Trinajstić information content (AvgIpc) is 2.57. The van der Waals surface area contributed by atoms with E-state index in [0.29, 0.717) is 5.88 Å². The molecule has 0 aromatic heterocycles. The van der Waals surface area contributed by atoms with Crippen molar-refractivity contribution in [2.45, 2.75) is 5.54 Å². The van der Waals surface area contributed by atoms with E-state index in [9.17, 15) is 0 Å². The van der Waals surface area contributed by atoms with Crippen LogP contribution in [0.5, 0.6) is 0 Å². The van der Waals surface area contributed by atoms with Crippen LogP contribution in [0.2, 0.25) is 0 Å². The van der Waals surface area contributed by atoms with Crippen LogP contribution in [0.4, 0.5) is 0 Å². The fraction of sp³-hybridized carbons (Fsp3) is 0.333. The maximum Gasteiger partial charge on any atom is 0.0842 e. The second-order valence-corrected chi connectivity index (χ2v) is 5.82. The zero-order valence-corrected chi connectivity index (χ0v) is 12.9. The van der Waals surface area contributed by atoms with Crippen molar-refractivity contribution in [1.29, 1.82) is 0 Å². The minimum Gasteiger partial charge on any atom is -0.313 e. The fourth-order valence-electron chi connectivity index (χ4n) is 3.35. The molecule has 0 amide bonds. The molecule has 2 nitrogen and oxygen atoms in total. The van der Waals surface area contributed by atoms with Crippen molar-refractivity contribution in [1.82, 2.24) is 10.2 Å². The molecule has 0 saturated carbocycles. The molecule has 1 saturated heterocycles. The van der Waals surface area contributed by atoms with Gasteiger partial charge in [0.1, 0.15) is 0 Å². The summed E-state index contributed by atoms with van der Waals surface area (Å²) in [6.45, 7) is 3.83. The second kappa shape index (κ2) is 6.61. The Morgan fingerprint density at radius 3 is 2.05 bits per heavy atom. The van der Waals surface area contributed by atoms with E-state index in [1.165, 1.54) is 11.1 Å².